The number of halogens is 1. The second-order valence-electron chi connectivity index (χ2n) is 4.75. The normalized spacial score (nSPS) is 10.8. The maximum atomic E-state index is 11.9. The molecule has 0 atom stereocenters. The van der Waals surface area contributed by atoms with Crippen LogP contribution in [0.5, 0.6) is 5.75 Å². The molecule has 3 rings (SSSR count). The smallest absolute Gasteiger partial charge is 0.263 e. The number of aromatic nitrogens is 4. The molecule has 0 radical (unpaired) electrons. The first-order chi connectivity index (χ1) is 10.6. The van der Waals surface area contributed by atoms with Crippen molar-refractivity contribution >= 4 is 28.6 Å². The second-order valence-corrected chi connectivity index (χ2v) is 5.19. The minimum absolute atomic E-state index is 0.226. The van der Waals surface area contributed by atoms with Gasteiger partial charge in [-0.25, -0.2) is 0 Å². The molecule has 0 aliphatic carbocycles. The summed E-state index contributed by atoms with van der Waals surface area (Å²) in [5, 5.41) is 7.56. The van der Waals surface area contributed by atoms with Crippen LogP contribution in [-0.2, 0) is 0 Å². The van der Waals surface area contributed by atoms with E-state index in [-0.39, 0.29) is 5.56 Å². The Labute approximate surface area is 130 Å². The van der Waals surface area contributed by atoms with E-state index in [1.165, 1.54) is 6.20 Å². The predicted molar refractivity (Wildman–Crippen MR) is 84.7 cm³/mol. The van der Waals surface area contributed by atoms with Gasteiger partial charge in [-0.15, -0.1) is 0 Å². The molecule has 0 saturated heterocycles. The van der Waals surface area contributed by atoms with Gasteiger partial charge >= 0.3 is 0 Å². The number of benzene rings is 1. The fourth-order valence-electron chi connectivity index (χ4n) is 1.98. The summed E-state index contributed by atoms with van der Waals surface area (Å²) in [6.07, 6.45) is 1.45. The maximum absolute atomic E-state index is 11.9. The van der Waals surface area contributed by atoms with E-state index in [2.05, 4.69) is 20.2 Å². The Bertz CT molecular complexity index is 844. The van der Waals surface area contributed by atoms with Gasteiger partial charge in [0.1, 0.15) is 17.7 Å². The Morgan fingerprint density at radius 3 is 3.09 bits per heavy atom. The number of H-pyrrole nitrogens is 2. The molecule has 0 spiro atoms. The van der Waals surface area contributed by atoms with Crippen LogP contribution in [0.4, 0.5) is 5.95 Å². The second kappa shape index (κ2) is 6.07. The van der Waals surface area contributed by atoms with Crippen LogP contribution in [0.1, 0.15) is 0 Å². The van der Waals surface area contributed by atoms with Gasteiger partial charge in [-0.05, 0) is 18.2 Å². The van der Waals surface area contributed by atoms with Crippen LogP contribution in [0.2, 0.25) is 5.02 Å². The van der Waals surface area contributed by atoms with E-state index in [9.17, 15) is 4.79 Å². The Morgan fingerprint density at radius 2 is 2.27 bits per heavy atom. The zero-order chi connectivity index (χ0) is 15.5. The molecule has 0 saturated carbocycles. The Kier molecular flexibility index (Phi) is 3.97. The van der Waals surface area contributed by atoms with Crippen LogP contribution in [0.25, 0.3) is 11.0 Å². The number of hydrogen-bond acceptors (Lipinski definition) is 5. The zero-order valence-corrected chi connectivity index (χ0v) is 12.6. The summed E-state index contributed by atoms with van der Waals surface area (Å²) in [7, 11) is 1.82. The van der Waals surface area contributed by atoms with Gasteiger partial charge in [0.2, 0.25) is 5.95 Å². The number of anilines is 1. The molecule has 7 nitrogen and oxygen atoms in total. The minimum Gasteiger partial charge on any atom is -0.492 e. The number of fused-ring (bicyclic) bond motifs is 1. The van der Waals surface area contributed by atoms with E-state index in [0.29, 0.717) is 40.9 Å². The van der Waals surface area contributed by atoms with Crippen molar-refractivity contribution in [2.75, 3.05) is 25.1 Å². The molecule has 114 valence electrons. The molecule has 8 heteroatoms. The van der Waals surface area contributed by atoms with Gasteiger partial charge in [0, 0.05) is 12.1 Å². The van der Waals surface area contributed by atoms with Gasteiger partial charge in [-0.3, -0.25) is 14.9 Å². The van der Waals surface area contributed by atoms with Crippen LogP contribution in [0, 0.1) is 0 Å². The summed E-state index contributed by atoms with van der Waals surface area (Å²) >= 11 is 5.89. The van der Waals surface area contributed by atoms with Crippen LogP contribution in [0.3, 0.4) is 0 Å². The highest BCUT2D eigenvalue weighted by molar-refractivity contribution is 6.30. The van der Waals surface area contributed by atoms with Gasteiger partial charge < -0.3 is 9.64 Å². The molecule has 0 aliphatic rings. The first kappa shape index (κ1) is 14.4. The SMILES string of the molecule is CN(CCOc1cccc(Cl)c1)c1nc2[nH]ncc2c(=O)[nH]1. The lowest BCUT2D eigenvalue weighted by Crippen LogP contribution is -2.27. The van der Waals surface area contributed by atoms with Crippen LogP contribution in [-0.4, -0.2) is 40.4 Å². The standard InChI is InChI=1S/C14H14ClN5O2/c1-20(5-6-22-10-4-2-3-9(15)7-10)14-17-12-11(8-16-19-12)13(21)18-14/h2-4,7-8H,5-6H2,1H3,(H2,16,17,18,19,21). The lowest BCUT2D eigenvalue weighted by atomic mass is 10.3. The number of ether oxygens (including phenoxy) is 1. The highest BCUT2D eigenvalue weighted by Crippen LogP contribution is 2.17. The van der Waals surface area contributed by atoms with Crippen molar-refractivity contribution in [3.8, 4) is 5.75 Å². The maximum Gasteiger partial charge on any atom is 0.263 e. The van der Waals surface area contributed by atoms with Crippen LogP contribution < -0.4 is 15.2 Å². The fraction of sp³-hybridized carbons (Fsp3) is 0.214. The monoisotopic (exact) mass is 319 g/mol. The molecule has 2 heterocycles. The molecule has 3 aromatic rings. The molecular weight excluding hydrogens is 306 g/mol. The highest BCUT2D eigenvalue weighted by Gasteiger charge is 2.09. The summed E-state index contributed by atoms with van der Waals surface area (Å²) in [5.41, 5.74) is 0.234. The molecule has 2 aromatic heterocycles. The van der Waals surface area contributed by atoms with Crippen LogP contribution >= 0.6 is 11.6 Å². The fourth-order valence-corrected chi connectivity index (χ4v) is 2.16. The molecule has 2 N–H and O–H groups in total. The van der Waals surface area contributed by atoms with Crippen molar-refractivity contribution in [1.82, 2.24) is 20.2 Å². The van der Waals surface area contributed by atoms with Crippen molar-refractivity contribution in [3.05, 3.63) is 45.8 Å². The van der Waals surface area contributed by atoms with Gasteiger partial charge in [-0.1, -0.05) is 17.7 Å². The van der Waals surface area contributed by atoms with Crippen LogP contribution in [0.15, 0.2) is 35.3 Å². The molecule has 0 aliphatic heterocycles. The number of nitrogens with zero attached hydrogens (tertiary/aromatic N) is 3. The largest absolute Gasteiger partial charge is 0.492 e. The summed E-state index contributed by atoms with van der Waals surface area (Å²) in [5.74, 6) is 1.16. The molecule has 0 bridgehead atoms. The summed E-state index contributed by atoms with van der Waals surface area (Å²) < 4.78 is 5.62. The van der Waals surface area contributed by atoms with Gasteiger partial charge in [0.15, 0.2) is 5.65 Å². The van der Waals surface area contributed by atoms with E-state index in [4.69, 9.17) is 16.3 Å². The number of rotatable bonds is 5. The average molecular weight is 320 g/mol. The third-order valence-electron chi connectivity index (χ3n) is 3.16. The lowest BCUT2D eigenvalue weighted by molar-refractivity contribution is 0.325. The van der Waals surface area contributed by atoms with E-state index >= 15 is 0 Å². The Hall–Kier alpha value is -2.54. The van der Waals surface area contributed by atoms with Gasteiger partial charge in [0.05, 0.1) is 12.7 Å². The quantitative estimate of drug-likeness (QED) is 0.749. The van der Waals surface area contributed by atoms with Crippen molar-refractivity contribution < 1.29 is 4.74 Å². The first-order valence-corrected chi connectivity index (χ1v) is 7.04. The molecule has 0 fully saturated rings. The van der Waals surface area contributed by atoms with Gasteiger partial charge in [0.25, 0.3) is 5.56 Å². The Balaban J connectivity index is 1.65. The van der Waals surface area contributed by atoms with Crippen molar-refractivity contribution in [2.45, 2.75) is 0 Å². The predicted octanol–water partition coefficient (Wildman–Crippen LogP) is 1.81. The summed E-state index contributed by atoms with van der Waals surface area (Å²) in [4.78, 5) is 20.7. The van der Waals surface area contributed by atoms with Gasteiger partial charge in [-0.2, -0.15) is 10.1 Å². The van der Waals surface area contributed by atoms with E-state index in [1.807, 2.05) is 19.2 Å². The zero-order valence-electron chi connectivity index (χ0n) is 11.8. The van der Waals surface area contributed by atoms with Crippen molar-refractivity contribution in [2.24, 2.45) is 0 Å². The summed E-state index contributed by atoms with van der Waals surface area (Å²) in [6, 6.07) is 7.20. The third kappa shape index (κ3) is 3.04. The average Bonchev–Trinajstić information content (AvgIpc) is 2.96. The molecular formula is C14H14ClN5O2. The van der Waals surface area contributed by atoms with Crippen molar-refractivity contribution in [3.63, 3.8) is 0 Å². The number of likely N-dealkylation sites (N-methyl/N-ethyl adjacent to an activating group) is 1. The first-order valence-electron chi connectivity index (χ1n) is 6.66. The van der Waals surface area contributed by atoms with E-state index in [1.54, 1.807) is 17.0 Å². The molecule has 22 heavy (non-hydrogen) atoms. The van der Waals surface area contributed by atoms with E-state index in [0.717, 1.165) is 0 Å². The molecule has 0 amide bonds. The number of hydrogen-bond donors (Lipinski definition) is 2. The minimum atomic E-state index is -0.226. The number of nitrogens with one attached hydrogen (secondary N) is 2. The summed E-state index contributed by atoms with van der Waals surface area (Å²) in [6.45, 7) is 0.983. The van der Waals surface area contributed by atoms with Crippen molar-refractivity contribution in [1.29, 1.82) is 0 Å². The lowest BCUT2D eigenvalue weighted by Gasteiger charge is -2.17. The topological polar surface area (TPSA) is 86.9 Å². The van der Waals surface area contributed by atoms with E-state index < -0.39 is 0 Å². The number of aromatic amines is 2. The molecule has 0 unspecified atom stereocenters. The highest BCUT2D eigenvalue weighted by atomic mass is 35.5. The molecule has 1 aromatic carbocycles. The Morgan fingerprint density at radius 1 is 1.41 bits per heavy atom. The third-order valence-corrected chi connectivity index (χ3v) is 3.40.